The molecule has 0 aliphatic carbocycles. The van der Waals surface area contributed by atoms with Gasteiger partial charge in [0.05, 0.1) is 6.07 Å². The van der Waals surface area contributed by atoms with Crippen molar-refractivity contribution in [1.29, 1.82) is 0 Å². The average Bonchev–Trinajstić information content (AvgIpc) is 3.08. The van der Waals surface area contributed by atoms with Crippen molar-refractivity contribution in [2.75, 3.05) is 0 Å². The third-order valence-corrected chi connectivity index (χ3v) is 3.89. The van der Waals surface area contributed by atoms with Gasteiger partial charge in [-0.2, -0.15) is 0 Å². The summed E-state index contributed by atoms with van der Waals surface area (Å²) in [6.07, 6.45) is 5.16. The summed E-state index contributed by atoms with van der Waals surface area (Å²) in [4.78, 5) is 14.3. The number of rotatable bonds is 3. The van der Waals surface area contributed by atoms with E-state index in [1.54, 1.807) is 17.5 Å². The van der Waals surface area contributed by atoms with Crippen LogP contribution in [0.5, 0.6) is 0 Å². The Kier molecular flexibility index (Phi) is 3.11. The van der Waals surface area contributed by atoms with Gasteiger partial charge in [0.25, 0.3) is 0 Å². The van der Waals surface area contributed by atoms with E-state index >= 15 is 0 Å². The van der Waals surface area contributed by atoms with E-state index in [0.29, 0.717) is 16.5 Å². The molecule has 0 spiro atoms. The van der Waals surface area contributed by atoms with Crippen molar-refractivity contribution in [3.05, 3.63) is 56.6 Å². The van der Waals surface area contributed by atoms with E-state index < -0.39 is 10.6 Å². The fourth-order valence-corrected chi connectivity index (χ4v) is 2.81. The smallest absolute Gasteiger partial charge is 0.399 e. The summed E-state index contributed by atoms with van der Waals surface area (Å²) in [5.74, 6) is -0.0485. The number of nitro groups is 1. The molecule has 0 amide bonds. The van der Waals surface area contributed by atoms with Gasteiger partial charge in [-0.05, 0) is 25.1 Å². The zero-order valence-electron chi connectivity index (χ0n) is 10.9. The molecule has 0 saturated heterocycles. The first-order valence-corrected chi connectivity index (χ1v) is 6.93. The lowest BCUT2D eigenvalue weighted by Crippen LogP contribution is -2.40. The zero-order valence-corrected chi connectivity index (χ0v) is 11.8. The topological polar surface area (TPSA) is 101 Å². The second-order valence-electron chi connectivity index (χ2n) is 4.53. The molecular weight excluding hydrogens is 294 g/mol. The van der Waals surface area contributed by atoms with Gasteiger partial charge in [0, 0.05) is 11.1 Å². The zero-order chi connectivity index (χ0) is 15.0. The Balaban J connectivity index is 1.91. The van der Waals surface area contributed by atoms with Gasteiger partial charge in [0.1, 0.15) is 10.6 Å². The number of aromatic nitrogens is 1. The molecule has 1 aliphatic rings. The highest BCUT2D eigenvalue weighted by Gasteiger charge is 2.31. The van der Waals surface area contributed by atoms with Gasteiger partial charge in [-0.25, -0.2) is 4.98 Å². The van der Waals surface area contributed by atoms with Crippen molar-refractivity contribution >= 4 is 17.2 Å². The molecule has 7 nitrogen and oxygen atoms in total. The quantitative estimate of drug-likeness (QED) is 0.667. The van der Waals surface area contributed by atoms with Crippen LogP contribution in [-0.4, -0.2) is 15.0 Å². The molecule has 0 saturated carbocycles. The van der Waals surface area contributed by atoms with Crippen molar-refractivity contribution in [3.8, 4) is 11.5 Å². The van der Waals surface area contributed by atoms with E-state index in [4.69, 9.17) is 4.42 Å². The summed E-state index contributed by atoms with van der Waals surface area (Å²) in [6.45, 7) is 1.83. The molecule has 21 heavy (non-hydrogen) atoms. The first kappa shape index (κ1) is 13.5. The maximum Gasteiger partial charge on any atom is 0.433 e. The molecule has 108 valence electrons. The van der Waals surface area contributed by atoms with Gasteiger partial charge in [0.15, 0.2) is 10.8 Å². The van der Waals surface area contributed by atoms with Crippen LogP contribution in [0.15, 0.2) is 45.9 Å². The van der Waals surface area contributed by atoms with Crippen LogP contribution in [-0.2, 0) is 5.72 Å². The molecule has 2 aromatic rings. The van der Waals surface area contributed by atoms with Crippen LogP contribution in [0.2, 0.25) is 0 Å². The Morgan fingerprint density at radius 2 is 2.33 bits per heavy atom. The SMILES string of the molecule is CC1=CC=CC(O)(c2nc(-c3ccc([N+](=O)[O-])o3)cs2)N1. The van der Waals surface area contributed by atoms with Gasteiger partial charge in [0.2, 0.25) is 5.72 Å². The van der Waals surface area contributed by atoms with E-state index in [2.05, 4.69) is 10.3 Å². The van der Waals surface area contributed by atoms with E-state index in [9.17, 15) is 15.2 Å². The lowest BCUT2D eigenvalue weighted by Gasteiger charge is -2.27. The summed E-state index contributed by atoms with van der Waals surface area (Å²) in [6, 6.07) is 2.75. The second kappa shape index (κ2) is 4.83. The lowest BCUT2D eigenvalue weighted by molar-refractivity contribution is -0.401. The van der Waals surface area contributed by atoms with Crippen LogP contribution in [0, 0.1) is 10.1 Å². The summed E-state index contributed by atoms with van der Waals surface area (Å²) in [5, 5.41) is 26.2. The number of hydrogen-bond acceptors (Lipinski definition) is 7. The normalized spacial score (nSPS) is 21.0. The highest BCUT2D eigenvalue weighted by molar-refractivity contribution is 7.10. The van der Waals surface area contributed by atoms with E-state index in [1.165, 1.54) is 23.5 Å². The summed E-state index contributed by atoms with van der Waals surface area (Å²) >= 11 is 1.24. The Morgan fingerprint density at radius 1 is 1.52 bits per heavy atom. The van der Waals surface area contributed by atoms with E-state index in [-0.39, 0.29) is 5.88 Å². The van der Waals surface area contributed by atoms with Gasteiger partial charge in [-0.3, -0.25) is 10.1 Å². The lowest BCUT2D eigenvalue weighted by atomic mass is 10.1. The minimum Gasteiger partial charge on any atom is -0.399 e. The molecule has 0 bridgehead atoms. The molecule has 1 atom stereocenters. The maximum atomic E-state index is 10.6. The van der Waals surface area contributed by atoms with Crippen LogP contribution < -0.4 is 5.32 Å². The predicted octanol–water partition coefficient (Wildman–Crippen LogP) is 2.52. The summed E-state index contributed by atoms with van der Waals surface area (Å²) in [7, 11) is 0. The molecule has 0 fully saturated rings. The number of aliphatic hydroxyl groups is 1. The van der Waals surface area contributed by atoms with Crippen LogP contribution in [0.25, 0.3) is 11.5 Å². The van der Waals surface area contributed by atoms with Gasteiger partial charge in [-0.1, -0.05) is 6.08 Å². The number of nitrogens with one attached hydrogen (secondary N) is 1. The third kappa shape index (κ3) is 2.46. The van der Waals surface area contributed by atoms with Crippen LogP contribution in [0.4, 0.5) is 5.88 Å². The van der Waals surface area contributed by atoms with Gasteiger partial charge in [-0.15, -0.1) is 11.3 Å². The minimum atomic E-state index is -1.37. The second-order valence-corrected chi connectivity index (χ2v) is 5.39. The first-order chi connectivity index (χ1) is 9.98. The minimum absolute atomic E-state index is 0.292. The summed E-state index contributed by atoms with van der Waals surface area (Å²) in [5.41, 5.74) is -0.121. The molecule has 8 heteroatoms. The van der Waals surface area contributed by atoms with Crippen molar-refractivity contribution in [3.63, 3.8) is 0 Å². The molecule has 0 radical (unpaired) electrons. The molecule has 3 rings (SSSR count). The number of thiazole rings is 1. The van der Waals surface area contributed by atoms with Gasteiger partial charge >= 0.3 is 5.88 Å². The predicted molar refractivity (Wildman–Crippen MR) is 76.4 cm³/mol. The van der Waals surface area contributed by atoms with Crippen LogP contribution in [0.3, 0.4) is 0 Å². The van der Waals surface area contributed by atoms with Crippen LogP contribution in [0.1, 0.15) is 11.9 Å². The number of allylic oxidation sites excluding steroid dienone is 3. The molecule has 0 aromatic carbocycles. The van der Waals surface area contributed by atoms with Crippen molar-refractivity contribution in [2.24, 2.45) is 0 Å². The van der Waals surface area contributed by atoms with E-state index in [0.717, 1.165) is 5.70 Å². The first-order valence-electron chi connectivity index (χ1n) is 6.05. The van der Waals surface area contributed by atoms with Gasteiger partial charge < -0.3 is 14.8 Å². The highest BCUT2D eigenvalue weighted by atomic mass is 32.1. The molecule has 3 heterocycles. The molecular formula is C13H11N3O4S. The molecule has 2 N–H and O–H groups in total. The fraction of sp³-hybridized carbons (Fsp3) is 0.154. The Bertz CT molecular complexity index is 761. The fourth-order valence-electron chi connectivity index (χ4n) is 1.97. The van der Waals surface area contributed by atoms with Crippen molar-refractivity contribution in [1.82, 2.24) is 10.3 Å². The number of dihydropyridines is 1. The standard InChI is InChI=1S/C13H11N3O4S/c1-8-3-2-6-13(17,15-8)12-14-9(7-21-12)10-4-5-11(20-10)16(18)19/h2-7,15,17H,1H3. The largest absolute Gasteiger partial charge is 0.433 e. The average molecular weight is 305 g/mol. The van der Waals surface area contributed by atoms with Crippen molar-refractivity contribution in [2.45, 2.75) is 12.6 Å². The Labute approximate surface area is 123 Å². The number of furan rings is 1. The highest BCUT2D eigenvalue weighted by Crippen LogP contribution is 2.32. The van der Waals surface area contributed by atoms with Crippen LogP contribution >= 0.6 is 11.3 Å². The molecule has 1 aliphatic heterocycles. The molecule has 2 aromatic heterocycles. The maximum absolute atomic E-state index is 10.6. The summed E-state index contributed by atoms with van der Waals surface area (Å²) < 4.78 is 5.10. The monoisotopic (exact) mass is 305 g/mol. The Morgan fingerprint density at radius 3 is 3.00 bits per heavy atom. The number of nitrogens with zero attached hydrogens (tertiary/aromatic N) is 2. The van der Waals surface area contributed by atoms with E-state index in [1.807, 2.05) is 13.0 Å². The van der Waals surface area contributed by atoms with Crippen molar-refractivity contribution < 1.29 is 14.4 Å². The Hall–Kier alpha value is -2.45. The third-order valence-electron chi connectivity index (χ3n) is 2.93. The molecule has 1 unspecified atom stereocenters. The number of hydrogen-bond donors (Lipinski definition) is 2.